The Bertz CT molecular complexity index is 720. The zero-order valence-electron chi connectivity index (χ0n) is 17.0. The summed E-state index contributed by atoms with van der Waals surface area (Å²) in [5, 5.41) is 0. The highest BCUT2D eigenvalue weighted by molar-refractivity contribution is 5.92. The van der Waals surface area contributed by atoms with E-state index in [0.29, 0.717) is 5.69 Å². The Morgan fingerprint density at radius 3 is 2.21 bits per heavy atom. The molecule has 0 aliphatic carbocycles. The van der Waals surface area contributed by atoms with Crippen molar-refractivity contribution in [3.63, 3.8) is 0 Å². The van der Waals surface area contributed by atoms with Gasteiger partial charge in [0.1, 0.15) is 11.5 Å². The highest BCUT2D eigenvalue weighted by Crippen LogP contribution is 2.15. The van der Waals surface area contributed by atoms with E-state index in [0.717, 1.165) is 64.5 Å². The lowest BCUT2D eigenvalue weighted by molar-refractivity contribution is 0.0749. The maximum Gasteiger partial charge on any atom is 0.274 e. The van der Waals surface area contributed by atoms with Gasteiger partial charge in [0.2, 0.25) is 0 Å². The molecular formula is C22H31N5O. The summed E-state index contributed by atoms with van der Waals surface area (Å²) in [5.41, 5.74) is 1.79. The molecule has 0 spiro atoms. The van der Waals surface area contributed by atoms with Gasteiger partial charge in [0.05, 0.1) is 12.4 Å². The maximum absolute atomic E-state index is 12.6. The van der Waals surface area contributed by atoms with Crippen molar-refractivity contribution in [2.75, 3.05) is 44.2 Å². The van der Waals surface area contributed by atoms with Crippen molar-refractivity contribution in [3.05, 3.63) is 54.0 Å². The van der Waals surface area contributed by atoms with Gasteiger partial charge in [-0.2, -0.15) is 0 Å². The summed E-state index contributed by atoms with van der Waals surface area (Å²) in [6.45, 7) is 10.5. The minimum Gasteiger partial charge on any atom is -0.353 e. The molecule has 2 aromatic rings. The van der Waals surface area contributed by atoms with Gasteiger partial charge in [-0.05, 0) is 18.4 Å². The first-order chi connectivity index (χ1) is 13.7. The van der Waals surface area contributed by atoms with E-state index >= 15 is 0 Å². The molecule has 1 aliphatic heterocycles. The highest BCUT2D eigenvalue weighted by atomic mass is 16.2. The van der Waals surface area contributed by atoms with Crippen LogP contribution in [0.3, 0.4) is 0 Å². The molecule has 1 aromatic carbocycles. The van der Waals surface area contributed by atoms with Crippen molar-refractivity contribution >= 4 is 11.7 Å². The summed E-state index contributed by atoms with van der Waals surface area (Å²) in [4.78, 5) is 28.2. The fourth-order valence-electron chi connectivity index (χ4n) is 3.59. The van der Waals surface area contributed by atoms with Gasteiger partial charge in [-0.15, -0.1) is 0 Å². The lowest BCUT2D eigenvalue weighted by atomic mass is 10.2. The number of aromatic nitrogens is 2. The number of benzene rings is 1. The summed E-state index contributed by atoms with van der Waals surface area (Å²) in [6.07, 6.45) is 5.28. The first-order valence-corrected chi connectivity index (χ1v) is 10.3. The molecular weight excluding hydrogens is 350 g/mol. The number of nitrogens with zero attached hydrogens (tertiary/aromatic N) is 5. The van der Waals surface area contributed by atoms with Crippen molar-refractivity contribution in [2.45, 2.75) is 33.2 Å². The van der Waals surface area contributed by atoms with Crippen LogP contribution in [0.5, 0.6) is 0 Å². The first kappa shape index (κ1) is 20.3. The second-order valence-electron chi connectivity index (χ2n) is 7.30. The molecule has 150 valence electrons. The van der Waals surface area contributed by atoms with Gasteiger partial charge in [-0.1, -0.05) is 44.2 Å². The fraction of sp³-hybridized carbons (Fsp3) is 0.500. The lowest BCUT2D eigenvalue weighted by Crippen LogP contribution is -2.46. The quantitative estimate of drug-likeness (QED) is 0.703. The number of hydrogen-bond donors (Lipinski definition) is 0. The van der Waals surface area contributed by atoms with Gasteiger partial charge < -0.3 is 9.80 Å². The maximum atomic E-state index is 12.6. The molecule has 6 heteroatoms. The van der Waals surface area contributed by atoms with E-state index in [9.17, 15) is 4.79 Å². The molecule has 1 saturated heterocycles. The van der Waals surface area contributed by atoms with Crippen molar-refractivity contribution in [1.29, 1.82) is 0 Å². The molecule has 3 rings (SSSR count). The summed E-state index contributed by atoms with van der Waals surface area (Å²) in [5.74, 6) is 0.837. The predicted molar refractivity (Wildman–Crippen MR) is 112 cm³/mol. The number of carbonyl (C=O) groups excluding carboxylic acids is 1. The number of amides is 1. The monoisotopic (exact) mass is 381 g/mol. The van der Waals surface area contributed by atoms with Crippen LogP contribution in [-0.2, 0) is 6.54 Å². The molecule has 0 N–H and O–H groups in total. The third-order valence-corrected chi connectivity index (χ3v) is 5.08. The number of carbonyl (C=O) groups is 1. The molecule has 0 atom stereocenters. The Hall–Kier alpha value is -2.47. The van der Waals surface area contributed by atoms with E-state index in [1.54, 1.807) is 12.4 Å². The lowest BCUT2D eigenvalue weighted by Gasteiger charge is -2.35. The van der Waals surface area contributed by atoms with Crippen LogP contribution in [0.2, 0.25) is 0 Å². The smallest absolute Gasteiger partial charge is 0.274 e. The SMILES string of the molecule is CCCN(CCC)C(=O)c1cnc(N2CCN(Cc3ccccc3)CC2)cn1. The Balaban J connectivity index is 1.55. The third kappa shape index (κ3) is 5.29. The van der Waals surface area contributed by atoms with Crippen LogP contribution < -0.4 is 4.90 Å². The average molecular weight is 382 g/mol. The minimum absolute atomic E-state index is 0.0181. The van der Waals surface area contributed by atoms with Gasteiger partial charge in [-0.3, -0.25) is 9.69 Å². The van der Waals surface area contributed by atoms with Crippen LogP contribution in [0.15, 0.2) is 42.7 Å². The second-order valence-corrected chi connectivity index (χ2v) is 7.30. The van der Waals surface area contributed by atoms with E-state index in [2.05, 4.69) is 63.9 Å². The van der Waals surface area contributed by atoms with Crippen LogP contribution in [0.25, 0.3) is 0 Å². The van der Waals surface area contributed by atoms with E-state index in [1.165, 1.54) is 5.56 Å². The average Bonchev–Trinajstić information content (AvgIpc) is 2.74. The van der Waals surface area contributed by atoms with Crippen LogP contribution in [-0.4, -0.2) is 64.9 Å². The number of piperazine rings is 1. The molecule has 1 fully saturated rings. The number of anilines is 1. The van der Waals surface area contributed by atoms with E-state index in [1.807, 2.05) is 4.90 Å². The van der Waals surface area contributed by atoms with E-state index < -0.39 is 0 Å². The predicted octanol–water partition coefficient (Wildman–Crippen LogP) is 3.06. The molecule has 0 bridgehead atoms. The molecule has 6 nitrogen and oxygen atoms in total. The van der Waals surface area contributed by atoms with Crippen molar-refractivity contribution in [1.82, 2.24) is 19.8 Å². The standard InChI is InChI=1S/C22H31N5O/c1-3-10-27(11-4-2)22(28)20-16-24-21(17-23-20)26-14-12-25(13-15-26)18-19-8-6-5-7-9-19/h5-9,16-17H,3-4,10-15,18H2,1-2H3. The Kier molecular flexibility index (Phi) is 7.37. The molecule has 0 radical (unpaired) electrons. The van der Waals surface area contributed by atoms with Gasteiger partial charge >= 0.3 is 0 Å². The summed E-state index contributed by atoms with van der Waals surface area (Å²) >= 11 is 0. The van der Waals surface area contributed by atoms with Crippen molar-refractivity contribution < 1.29 is 4.79 Å². The summed E-state index contributed by atoms with van der Waals surface area (Å²) in [7, 11) is 0. The van der Waals surface area contributed by atoms with Crippen molar-refractivity contribution in [3.8, 4) is 0 Å². The van der Waals surface area contributed by atoms with Gasteiger partial charge in [0.15, 0.2) is 0 Å². The van der Waals surface area contributed by atoms with Crippen molar-refractivity contribution in [2.24, 2.45) is 0 Å². The van der Waals surface area contributed by atoms with Crippen LogP contribution in [0.4, 0.5) is 5.82 Å². The Morgan fingerprint density at radius 1 is 0.964 bits per heavy atom. The topological polar surface area (TPSA) is 52.6 Å². The van der Waals surface area contributed by atoms with Crippen LogP contribution in [0.1, 0.15) is 42.7 Å². The third-order valence-electron chi connectivity index (χ3n) is 5.08. The molecule has 1 aromatic heterocycles. The number of hydrogen-bond acceptors (Lipinski definition) is 5. The summed E-state index contributed by atoms with van der Waals surface area (Å²) in [6, 6.07) is 10.6. The zero-order chi connectivity index (χ0) is 19.8. The van der Waals surface area contributed by atoms with Gasteiger partial charge in [-0.25, -0.2) is 9.97 Å². The second kappa shape index (κ2) is 10.2. The van der Waals surface area contributed by atoms with Gasteiger partial charge in [0, 0.05) is 45.8 Å². The zero-order valence-corrected chi connectivity index (χ0v) is 17.0. The molecule has 2 heterocycles. The molecule has 0 saturated carbocycles. The van der Waals surface area contributed by atoms with Gasteiger partial charge in [0.25, 0.3) is 5.91 Å². The normalized spacial score (nSPS) is 14.9. The Morgan fingerprint density at radius 2 is 1.64 bits per heavy atom. The fourth-order valence-corrected chi connectivity index (χ4v) is 3.59. The molecule has 28 heavy (non-hydrogen) atoms. The largest absolute Gasteiger partial charge is 0.353 e. The minimum atomic E-state index is -0.0181. The molecule has 1 aliphatic rings. The van der Waals surface area contributed by atoms with Crippen LogP contribution >= 0.6 is 0 Å². The molecule has 0 unspecified atom stereocenters. The Labute approximate surface area is 168 Å². The first-order valence-electron chi connectivity index (χ1n) is 10.3. The highest BCUT2D eigenvalue weighted by Gasteiger charge is 2.20. The van der Waals surface area contributed by atoms with Crippen LogP contribution in [0, 0.1) is 0 Å². The number of rotatable bonds is 8. The summed E-state index contributed by atoms with van der Waals surface area (Å²) < 4.78 is 0. The van der Waals surface area contributed by atoms with E-state index in [-0.39, 0.29) is 5.91 Å². The van der Waals surface area contributed by atoms with E-state index in [4.69, 9.17) is 0 Å². The molecule has 1 amide bonds.